The quantitative estimate of drug-likeness (QED) is 0.793. The number of anilines is 1. The molecule has 2 rings (SSSR count). The first-order chi connectivity index (χ1) is 11.4. The normalized spacial score (nSPS) is 15.9. The van der Waals surface area contributed by atoms with Crippen molar-refractivity contribution < 1.29 is 9.59 Å². The number of aromatic nitrogens is 2. The lowest BCUT2D eigenvalue weighted by molar-refractivity contribution is -0.142. The Bertz CT molecular complexity index is 548. The second kappa shape index (κ2) is 8.08. The van der Waals surface area contributed by atoms with E-state index >= 15 is 0 Å². The molecule has 0 aromatic carbocycles. The molecule has 0 saturated carbocycles. The van der Waals surface area contributed by atoms with Crippen LogP contribution in [0.1, 0.15) is 33.6 Å². The Morgan fingerprint density at radius 2 is 1.79 bits per heavy atom. The first-order valence-electron chi connectivity index (χ1n) is 8.46. The van der Waals surface area contributed by atoms with Crippen molar-refractivity contribution in [3.05, 3.63) is 18.5 Å². The number of rotatable bonds is 5. The van der Waals surface area contributed by atoms with Crippen molar-refractivity contribution in [1.82, 2.24) is 20.2 Å². The predicted molar refractivity (Wildman–Crippen MR) is 92.3 cm³/mol. The fourth-order valence-corrected chi connectivity index (χ4v) is 2.71. The van der Waals surface area contributed by atoms with E-state index in [0.29, 0.717) is 32.1 Å². The van der Waals surface area contributed by atoms with Crippen molar-refractivity contribution in [2.45, 2.75) is 33.6 Å². The third-order valence-electron chi connectivity index (χ3n) is 4.07. The number of nitrogens with one attached hydrogen (secondary N) is 2. The maximum atomic E-state index is 12.2. The first kappa shape index (κ1) is 18.2. The minimum Gasteiger partial charge on any atom is -0.354 e. The van der Waals surface area contributed by atoms with Crippen molar-refractivity contribution in [3.8, 4) is 0 Å². The summed E-state index contributed by atoms with van der Waals surface area (Å²) in [5.74, 6) is 0.768. The molecule has 24 heavy (non-hydrogen) atoms. The van der Waals surface area contributed by atoms with Crippen LogP contribution in [0.4, 0.5) is 5.95 Å². The summed E-state index contributed by atoms with van der Waals surface area (Å²) in [7, 11) is 0. The molecule has 0 atom stereocenters. The van der Waals surface area contributed by atoms with Gasteiger partial charge in [0.15, 0.2) is 0 Å². The van der Waals surface area contributed by atoms with Gasteiger partial charge < -0.3 is 15.5 Å². The molecule has 1 fully saturated rings. The minimum absolute atomic E-state index is 0.0120. The number of hydrogen-bond acceptors (Lipinski definition) is 5. The average molecular weight is 333 g/mol. The summed E-state index contributed by atoms with van der Waals surface area (Å²) < 4.78 is 0. The summed E-state index contributed by atoms with van der Waals surface area (Å²) in [5, 5.41) is 5.99. The largest absolute Gasteiger partial charge is 0.354 e. The van der Waals surface area contributed by atoms with E-state index in [-0.39, 0.29) is 23.1 Å². The molecule has 7 heteroatoms. The summed E-state index contributed by atoms with van der Waals surface area (Å²) >= 11 is 0. The van der Waals surface area contributed by atoms with Crippen molar-refractivity contribution in [3.63, 3.8) is 0 Å². The molecule has 2 heterocycles. The van der Waals surface area contributed by atoms with Gasteiger partial charge in [0.05, 0.1) is 0 Å². The molecule has 0 radical (unpaired) electrons. The average Bonchev–Trinajstić information content (AvgIpc) is 2.58. The predicted octanol–water partition coefficient (Wildman–Crippen LogP) is 1.29. The van der Waals surface area contributed by atoms with Gasteiger partial charge in [-0.05, 0) is 18.9 Å². The van der Waals surface area contributed by atoms with E-state index in [1.54, 1.807) is 18.5 Å². The molecule has 0 unspecified atom stereocenters. The standard InChI is InChI=1S/C17H27N5O2/c1-17(2,3)15(24)22-11-5-13(6-12-22)14(23)18-9-10-21-16-19-7-4-8-20-16/h4,7-8,13H,5-6,9-12H2,1-3H3,(H,18,23)(H,19,20,21). The van der Waals surface area contributed by atoms with E-state index in [0.717, 1.165) is 12.8 Å². The first-order valence-corrected chi connectivity index (χ1v) is 8.46. The van der Waals surface area contributed by atoms with Crippen molar-refractivity contribution in [2.24, 2.45) is 11.3 Å². The minimum atomic E-state index is -0.361. The number of likely N-dealkylation sites (tertiary alicyclic amines) is 1. The van der Waals surface area contributed by atoms with Crippen LogP contribution in [0.25, 0.3) is 0 Å². The summed E-state index contributed by atoms with van der Waals surface area (Å²) in [6.07, 6.45) is 4.78. The van der Waals surface area contributed by atoms with Crippen molar-refractivity contribution in [2.75, 3.05) is 31.5 Å². The van der Waals surface area contributed by atoms with E-state index in [9.17, 15) is 9.59 Å². The highest BCUT2D eigenvalue weighted by atomic mass is 16.2. The van der Waals surface area contributed by atoms with Crippen molar-refractivity contribution in [1.29, 1.82) is 0 Å². The van der Waals surface area contributed by atoms with Crippen LogP contribution < -0.4 is 10.6 Å². The molecule has 7 nitrogen and oxygen atoms in total. The number of carbonyl (C=O) groups is 2. The molecule has 1 aliphatic rings. The van der Waals surface area contributed by atoms with Gasteiger partial charge in [0, 0.05) is 49.9 Å². The van der Waals surface area contributed by atoms with Crippen LogP contribution in [-0.4, -0.2) is 52.9 Å². The van der Waals surface area contributed by atoms with Gasteiger partial charge in [-0.1, -0.05) is 20.8 Å². The maximum absolute atomic E-state index is 12.2. The highest BCUT2D eigenvalue weighted by molar-refractivity contribution is 5.82. The second-order valence-corrected chi connectivity index (χ2v) is 7.11. The third-order valence-corrected chi connectivity index (χ3v) is 4.07. The highest BCUT2D eigenvalue weighted by Gasteiger charge is 2.32. The summed E-state index contributed by atoms with van der Waals surface area (Å²) in [6.45, 7) is 8.21. The lowest BCUT2D eigenvalue weighted by Crippen LogP contribution is -2.47. The molecular weight excluding hydrogens is 306 g/mol. The van der Waals surface area contributed by atoms with E-state index in [1.165, 1.54) is 0 Å². The summed E-state index contributed by atoms with van der Waals surface area (Å²) in [4.78, 5) is 34.4. The summed E-state index contributed by atoms with van der Waals surface area (Å²) in [5.41, 5.74) is -0.361. The van der Waals surface area contributed by atoms with Gasteiger partial charge in [-0.15, -0.1) is 0 Å². The van der Waals surface area contributed by atoms with Crippen LogP contribution in [0, 0.1) is 11.3 Å². The Kier molecular flexibility index (Phi) is 6.11. The lowest BCUT2D eigenvalue weighted by Gasteiger charge is -2.35. The van der Waals surface area contributed by atoms with Crippen LogP contribution in [0.15, 0.2) is 18.5 Å². The molecule has 2 N–H and O–H groups in total. The molecule has 1 saturated heterocycles. The monoisotopic (exact) mass is 333 g/mol. The van der Waals surface area contributed by atoms with E-state index in [2.05, 4.69) is 20.6 Å². The molecular formula is C17H27N5O2. The van der Waals surface area contributed by atoms with Crippen LogP contribution in [-0.2, 0) is 9.59 Å². The van der Waals surface area contributed by atoms with Gasteiger partial charge in [-0.3, -0.25) is 9.59 Å². The number of amides is 2. The van der Waals surface area contributed by atoms with Gasteiger partial charge in [0.25, 0.3) is 0 Å². The SMILES string of the molecule is CC(C)(C)C(=O)N1CCC(C(=O)NCCNc2ncccn2)CC1. The molecule has 0 spiro atoms. The zero-order valence-electron chi connectivity index (χ0n) is 14.7. The number of piperidine rings is 1. The van der Waals surface area contributed by atoms with Gasteiger partial charge in [0.1, 0.15) is 0 Å². The molecule has 1 aliphatic heterocycles. The zero-order valence-corrected chi connectivity index (χ0v) is 14.7. The van der Waals surface area contributed by atoms with Crippen molar-refractivity contribution >= 4 is 17.8 Å². The van der Waals surface area contributed by atoms with Gasteiger partial charge in [-0.2, -0.15) is 0 Å². The third kappa shape index (κ3) is 5.18. The van der Waals surface area contributed by atoms with E-state index < -0.39 is 0 Å². The van der Waals surface area contributed by atoms with E-state index in [4.69, 9.17) is 0 Å². The van der Waals surface area contributed by atoms with Crippen LogP contribution in [0.2, 0.25) is 0 Å². The van der Waals surface area contributed by atoms with E-state index in [1.807, 2.05) is 25.7 Å². The second-order valence-electron chi connectivity index (χ2n) is 7.11. The molecule has 2 amide bonds. The highest BCUT2D eigenvalue weighted by Crippen LogP contribution is 2.23. The maximum Gasteiger partial charge on any atom is 0.227 e. The number of carbonyl (C=O) groups excluding carboxylic acids is 2. The fraction of sp³-hybridized carbons (Fsp3) is 0.647. The molecule has 0 aliphatic carbocycles. The Morgan fingerprint density at radius 3 is 2.38 bits per heavy atom. The Morgan fingerprint density at radius 1 is 1.17 bits per heavy atom. The molecule has 1 aromatic heterocycles. The molecule has 132 valence electrons. The number of nitrogens with zero attached hydrogens (tertiary/aromatic N) is 3. The van der Waals surface area contributed by atoms with Gasteiger partial charge >= 0.3 is 0 Å². The van der Waals surface area contributed by atoms with Gasteiger partial charge in [0.2, 0.25) is 17.8 Å². The Labute approximate surface area is 143 Å². The van der Waals surface area contributed by atoms with Crippen LogP contribution >= 0.6 is 0 Å². The van der Waals surface area contributed by atoms with Gasteiger partial charge in [-0.25, -0.2) is 9.97 Å². The molecule has 0 bridgehead atoms. The molecule has 1 aromatic rings. The Hall–Kier alpha value is -2.18. The topological polar surface area (TPSA) is 87.2 Å². The van der Waals surface area contributed by atoms with Crippen LogP contribution in [0.5, 0.6) is 0 Å². The van der Waals surface area contributed by atoms with Crippen LogP contribution in [0.3, 0.4) is 0 Å². The fourth-order valence-electron chi connectivity index (χ4n) is 2.71. The lowest BCUT2D eigenvalue weighted by atomic mass is 9.91. The smallest absolute Gasteiger partial charge is 0.227 e. The Balaban J connectivity index is 1.67. The zero-order chi connectivity index (χ0) is 17.6. The summed E-state index contributed by atoms with van der Waals surface area (Å²) in [6, 6.07) is 1.75. The number of hydrogen-bond donors (Lipinski definition) is 2.